The first-order chi connectivity index (χ1) is 5.91. The number of rotatable bonds is 1. The summed E-state index contributed by atoms with van der Waals surface area (Å²) in [6.45, 7) is 0. The van der Waals surface area contributed by atoms with Crippen molar-refractivity contribution in [2.45, 2.75) is 31.3 Å². The molecule has 3 nitrogen and oxygen atoms in total. The van der Waals surface area contributed by atoms with Crippen molar-refractivity contribution >= 4 is 0 Å². The Morgan fingerprint density at radius 2 is 2.08 bits per heavy atom. The highest BCUT2D eigenvalue weighted by atomic mass is 19.4. The lowest BCUT2D eigenvalue weighted by molar-refractivity contribution is -0.158. The maximum absolute atomic E-state index is 12.1. The molecule has 1 aliphatic heterocycles. The van der Waals surface area contributed by atoms with Crippen LogP contribution in [0.15, 0.2) is 11.8 Å². The van der Waals surface area contributed by atoms with Crippen LogP contribution in [0.25, 0.3) is 0 Å². The molecule has 0 amide bonds. The summed E-state index contributed by atoms with van der Waals surface area (Å²) in [6, 6.07) is -1.67. The molecule has 13 heavy (non-hydrogen) atoms. The molecule has 1 atom stereocenters. The average Bonchev–Trinajstić information content (AvgIpc) is 2.03. The Labute approximate surface area is 72.9 Å². The van der Waals surface area contributed by atoms with Gasteiger partial charge in [0.05, 0.1) is 5.70 Å². The van der Waals surface area contributed by atoms with Gasteiger partial charge >= 0.3 is 6.18 Å². The van der Waals surface area contributed by atoms with E-state index in [9.17, 15) is 13.2 Å². The topological polar surface area (TPSA) is 52.5 Å². The van der Waals surface area contributed by atoms with Crippen LogP contribution in [0, 0.1) is 0 Å². The van der Waals surface area contributed by atoms with Crippen molar-refractivity contribution in [3.05, 3.63) is 11.8 Å². The SMILES string of the molecule is OC(O)C1=CCC[C@H](C(F)(F)F)N1. The van der Waals surface area contributed by atoms with Crippen LogP contribution >= 0.6 is 0 Å². The van der Waals surface area contributed by atoms with E-state index < -0.39 is 18.5 Å². The zero-order valence-corrected chi connectivity index (χ0v) is 6.67. The maximum atomic E-state index is 12.1. The predicted molar refractivity (Wildman–Crippen MR) is 38.5 cm³/mol. The first kappa shape index (κ1) is 10.3. The molecule has 1 heterocycles. The number of aliphatic hydroxyl groups excluding tert-OH is 1. The van der Waals surface area contributed by atoms with Crippen LogP contribution in [-0.4, -0.2) is 28.7 Å². The highest BCUT2D eigenvalue weighted by molar-refractivity contribution is 5.08. The number of hydrogen-bond donors (Lipinski definition) is 3. The van der Waals surface area contributed by atoms with E-state index in [2.05, 4.69) is 0 Å². The third-order valence-electron chi connectivity index (χ3n) is 1.83. The summed E-state index contributed by atoms with van der Waals surface area (Å²) in [5.41, 5.74) is -0.173. The molecule has 0 aliphatic carbocycles. The zero-order chi connectivity index (χ0) is 10.1. The standard InChI is InChI=1S/C7H10F3NO2/c8-7(9,10)5-3-1-2-4(11-5)6(12)13/h2,5-6,11-13H,1,3H2/t5-/m1/s1. The van der Waals surface area contributed by atoms with Gasteiger partial charge in [0.1, 0.15) is 6.04 Å². The second-order valence-electron chi connectivity index (χ2n) is 2.85. The van der Waals surface area contributed by atoms with Crippen LogP contribution in [0.4, 0.5) is 13.2 Å². The molecule has 1 rings (SSSR count). The summed E-state index contributed by atoms with van der Waals surface area (Å²) in [6.07, 6.45) is -4.71. The maximum Gasteiger partial charge on any atom is 0.408 e. The second kappa shape index (κ2) is 3.55. The Hall–Kier alpha value is -0.750. The van der Waals surface area contributed by atoms with E-state index in [-0.39, 0.29) is 18.5 Å². The molecule has 0 fully saturated rings. The van der Waals surface area contributed by atoms with Crippen molar-refractivity contribution in [2.24, 2.45) is 0 Å². The van der Waals surface area contributed by atoms with Gasteiger partial charge in [0.15, 0.2) is 6.29 Å². The Balaban J connectivity index is 2.63. The summed E-state index contributed by atoms with van der Waals surface area (Å²) >= 11 is 0. The predicted octanol–water partition coefficient (Wildman–Crippen LogP) is 0.495. The minimum absolute atomic E-state index is 0.0697. The van der Waals surface area contributed by atoms with E-state index in [1.165, 1.54) is 6.08 Å². The highest BCUT2D eigenvalue weighted by Crippen LogP contribution is 2.27. The lowest BCUT2D eigenvalue weighted by atomic mass is 10.1. The number of aliphatic hydroxyl groups is 2. The highest BCUT2D eigenvalue weighted by Gasteiger charge is 2.40. The molecule has 0 saturated carbocycles. The van der Waals surface area contributed by atoms with Gasteiger partial charge in [-0.05, 0) is 12.8 Å². The first-order valence-corrected chi connectivity index (χ1v) is 3.80. The molecule has 0 spiro atoms. The molecule has 0 aromatic carbocycles. The Kier molecular flexibility index (Phi) is 2.82. The van der Waals surface area contributed by atoms with Crippen molar-refractivity contribution in [2.75, 3.05) is 0 Å². The zero-order valence-electron chi connectivity index (χ0n) is 6.67. The van der Waals surface area contributed by atoms with Gasteiger partial charge in [-0.2, -0.15) is 13.2 Å². The summed E-state index contributed by atoms with van der Waals surface area (Å²) in [5, 5.41) is 19.3. The Bertz CT molecular complexity index is 212. The fraction of sp³-hybridized carbons (Fsp3) is 0.714. The molecular formula is C7H10F3NO2. The minimum atomic E-state index is -4.34. The fourth-order valence-corrected chi connectivity index (χ4v) is 1.16. The summed E-state index contributed by atoms with van der Waals surface area (Å²) in [7, 11) is 0. The Morgan fingerprint density at radius 1 is 1.46 bits per heavy atom. The van der Waals surface area contributed by atoms with Gasteiger partial charge in [0.25, 0.3) is 0 Å². The largest absolute Gasteiger partial charge is 0.408 e. The van der Waals surface area contributed by atoms with Crippen LogP contribution in [0.3, 0.4) is 0 Å². The first-order valence-electron chi connectivity index (χ1n) is 3.80. The van der Waals surface area contributed by atoms with Gasteiger partial charge in [-0.3, -0.25) is 0 Å². The summed E-state index contributed by atoms with van der Waals surface area (Å²) in [4.78, 5) is 0. The lowest BCUT2D eigenvalue weighted by Gasteiger charge is -2.27. The summed E-state index contributed by atoms with van der Waals surface area (Å²) in [5.74, 6) is 0. The fourth-order valence-electron chi connectivity index (χ4n) is 1.16. The van der Waals surface area contributed by atoms with E-state index in [0.717, 1.165) is 0 Å². The molecule has 0 aromatic heterocycles. The van der Waals surface area contributed by atoms with E-state index in [1.54, 1.807) is 0 Å². The molecule has 0 saturated heterocycles. The number of nitrogens with one attached hydrogen (secondary N) is 1. The normalized spacial score (nSPS) is 24.2. The van der Waals surface area contributed by atoms with Crippen molar-refractivity contribution in [1.29, 1.82) is 0 Å². The second-order valence-corrected chi connectivity index (χ2v) is 2.85. The van der Waals surface area contributed by atoms with Gasteiger partial charge in [-0.25, -0.2) is 0 Å². The van der Waals surface area contributed by atoms with Crippen LogP contribution < -0.4 is 5.32 Å². The van der Waals surface area contributed by atoms with Crippen LogP contribution in [0.5, 0.6) is 0 Å². The molecular weight excluding hydrogens is 187 g/mol. The molecule has 6 heteroatoms. The quantitative estimate of drug-likeness (QED) is 0.536. The minimum Gasteiger partial charge on any atom is -0.373 e. The van der Waals surface area contributed by atoms with Crippen molar-refractivity contribution in [3.8, 4) is 0 Å². The van der Waals surface area contributed by atoms with Gasteiger partial charge < -0.3 is 15.5 Å². The van der Waals surface area contributed by atoms with Gasteiger partial charge in [-0.15, -0.1) is 0 Å². The average molecular weight is 197 g/mol. The van der Waals surface area contributed by atoms with Crippen LogP contribution in [0.1, 0.15) is 12.8 Å². The Morgan fingerprint density at radius 3 is 2.54 bits per heavy atom. The molecule has 76 valence electrons. The van der Waals surface area contributed by atoms with E-state index in [4.69, 9.17) is 10.2 Å². The molecule has 0 bridgehead atoms. The molecule has 0 aromatic rings. The smallest absolute Gasteiger partial charge is 0.373 e. The van der Waals surface area contributed by atoms with Crippen molar-refractivity contribution in [1.82, 2.24) is 5.32 Å². The molecule has 0 unspecified atom stereocenters. The van der Waals surface area contributed by atoms with E-state index >= 15 is 0 Å². The van der Waals surface area contributed by atoms with Crippen molar-refractivity contribution < 1.29 is 23.4 Å². The third kappa shape index (κ3) is 2.60. The third-order valence-corrected chi connectivity index (χ3v) is 1.83. The lowest BCUT2D eigenvalue weighted by Crippen LogP contribution is -2.45. The van der Waals surface area contributed by atoms with Crippen LogP contribution in [-0.2, 0) is 0 Å². The number of hydrogen-bond acceptors (Lipinski definition) is 3. The van der Waals surface area contributed by atoms with E-state index in [0.29, 0.717) is 0 Å². The number of allylic oxidation sites excluding steroid dienone is 1. The summed E-state index contributed by atoms with van der Waals surface area (Å²) < 4.78 is 36.4. The van der Waals surface area contributed by atoms with Crippen molar-refractivity contribution in [3.63, 3.8) is 0 Å². The number of halogens is 3. The van der Waals surface area contributed by atoms with Gasteiger partial charge in [0.2, 0.25) is 0 Å². The van der Waals surface area contributed by atoms with Gasteiger partial charge in [-0.1, -0.05) is 6.08 Å². The molecule has 1 aliphatic rings. The molecule has 0 radical (unpaired) electrons. The number of alkyl halides is 3. The monoisotopic (exact) mass is 197 g/mol. The van der Waals surface area contributed by atoms with E-state index in [1.807, 2.05) is 5.32 Å². The van der Waals surface area contributed by atoms with Gasteiger partial charge in [0, 0.05) is 0 Å². The molecule has 3 N–H and O–H groups in total. The van der Waals surface area contributed by atoms with Crippen LogP contribution in [0.2, 0.25) is 0 Å².